The van der Waals surface area contributed by atoms with E-state index in [1.54, 1.807) is 0 Å². The number of aliphatic hydroxyl groups excluding tert-OH is 5. The fraction of sp³-hybridized carbons (Fsp3) is 0.778. The van der Waals surface area contributed by atoms with E-state index in [4.69, 9.17) is 18.5 Å². The monoisotopic (exact) mass is 734 g/mol. The van der Waals surface area contributed by atoms with Gasteiger partial charge in [0.15, 0.2) is 6.10 Å². The summed E-state index contributed by atoms with van der Waals surface area (Å²) >= 11 is 0. The van der Waals surface area contributed by atoms with Crippen LogP contribution in [0.25, 0.3) is 0 Å². The van der Waals surface area contributed by atoms with Crippen LogP contribution in [0, 0.1) is 0 Å². The molecule has 0 aromatic carbocycles. The highest BCUT2D eigenvalue weighted by Crippen LogP contribution is 2.47. The molecule has 50 heavy (non-hydrogen) atoms. The van der Waals surface area contributed by atoms with Crippen molar-refractivity contribution < 1.29 is 63.1 Å². The highest BCUT2D eigenvalue weighted by Gasteiger charge is 2.51. The van der Waals surface area contributed by atoms with Crippen molar-refractivity contribution in [2.24, 2.45) is 0 Å². The number of allylic oxidation sites excluding steroid dienone is 6. The first-order valence-electron chi connectivity index (χ1n) is 18.3. The number of phosphoric ester groups is 1. The molecule has 1 fully saturated rings. The molecular weight excluding hydrogens is 671 g/mol. The van der Waals surface area contributed by atoms with E-state index in [2.05, 4.69) is 43.4 Å². The van der Waals surface area contributed by atoms with E-state index < -0.39 is 75.7 Å². The van der Waals surface area contributed by atoms with Gasteiger partial charge in [0.2, 0.25) is 0 Å². The molecule has 0 bridgehead atoms. The topological polar surface area (TPSA) is 210 Å². The molecule has 0 spiro atoms. The van der Waals surface area contributed by atoms with Gasteiger partial charge in [-0.15, -0.1) is 0 Å². The first-order valence-corrected chi connectivity index (χ1v) is 19.8. The lowest BCUT2D eigenvalue weighted by atomic mass is 9.85. The van der Waals surface area contributed by atoms with Crippen molar-refractivity contribution in [2.75, 3.05) is 13.2 Å². The Balaban J connectivity index is 2.39. The Morgan fingerprint density at radius 2 is 1.10 bits per heavy atom. The molecule has 0 amide bonds. The molecule has 290 valence electrons. The molecule has 0 aromatic rings. The van der Waals surface area contributed by atoms with Crippen molar-refractivity contribution in [1.82, 2.24) is 0 Å². The van der Waals surface area contributed by atoms with Crippen LogP contribution >= 0.6 is 7.82 Å². The van der Waals surface area contributed by atoms with Crippen LogP contribution in [0.2, 0.25) is 0 Å². The van der Waals surface area contributed by atoms with E-state index in [1.165, 1.54) is 19.3 Å². The van der Waals surface area contributed by atoms with E-state index in [0.29, 0.717) is 12.8 Å². The minimum atomic E-state index is -5.09. The Hall–Kier alpha value is -1.93. The highest BCUT2D eigenvalue weighted by molar-refractivity contribution is 7.47. The maximum Gasteiger partial charge on any atom is 0.472 e. The molecule has 0 heterocycles. The number of carbonyl (C=O) groups is 2. The summed E-state index contributed by atoms with van der Waals surface area (Å²) in [4.78, 5) is 34.8. The SMILES string of the molecule is CCCCC/C=C\C/C=C\C/C=C\CCCCCCCCC(=O)OC(COC(=O)CCCC)COP(=O)(O)OC1C(O)C(O)C(O)C(O)C1O. The number of unbranched alkanes of at least 4 members (excludes halogenated alkanes) is 10. The molecule has 14 heteroatoms. The normalized spacial score (nSPS) is 24.6. The smallest absolute Gasteiger partial charge is 0.462 e. The summed E-state index contributed by atoms with van der Waals surface area (Å²) < 4.78 is 32.8. The largest absolute Gasteiger partial charge is 0.472 e. The van der Waals surface area contributed by atoms with Gasteiger partial charge in [0.05, 0.1) is 6.61 Å². The summed E-state index contributed by atoms with van der Waals surface area (Å²) in [5.41, 5.74) is 0. The van der Waals surface area contributed by atoms with E-state index in [0.717, 1.165) is 64.2 Å². The summed E-state index contributed by atoms with van der Waals surface area (Å²) in [6.07, 6.45) is 15.1. The van der Waals surface area contributed by atoms with Crippen LogP contribution in [0.3, 0.4) is 0 Å². The van der Waals surface area contributed by atoms with Crippen LogP contribution in [0.15, 0.2) is 36.5 Å². The van der Waals surface area contributed by atoms with Gasteiger partial charge in [0.25, 0.3) is 0 Å². The van der Waals surface area contributed by atoms with Gasteiger partial charge in [-0.05, 0) is 51.4 Å². The molecular formula is C36H63O13P. The number of esters is 2. The van der Waals surface area contributed by atoms with Gasteiger partial charge in [-0.2, -0.15) is 0 Å². The van der Waals surface area contributed by atoms with Crippen molar-refractivity contribution in [3.63, 3.8) is 0 Å². The Morgan fingerprint density at radius 3 is 1.68 bits per heavy atom. The zero-order valence-electron chi connectivity index (χ0n) is 29.9. The number of carbonyl (C=O) groups excluding carboxylic acids is 2. The van der Waals surface area contributed by atoms with Gasteiger partial charge < -0.3 is 39.9 Å². The lowest BCUT2D eigenvalue weighted by Crippen LogP contribution is -2.64. The van der Waals surface area contributed by atoms with Crippen LogP contribution in [-0.4, -0.2) is 98.3 Å². The number of aliphatic hydroxyl groups is 5. The van der Waals surface area contributed by atoms with Crippen LogP contribution in [0.5, 0.6) is 0 Å². The zero-order valence-corrected chi connectivity index (χ0v) is 30.8. The molecule has 1 saturated carbocycles. The van der Waals surface area contributed by atoms with Crippen molar-refractivity contribution in [1.29, 1.82) is 0 Å². The minimum Gasteiger partial charge on any atom is -0.462 e. The average Bonchev–Trinajstić information content (AvgIpc) is 3.09. The Morgan fingerprint density at radius 1 is 0.620 bits per heavy atom. The van der Waals surface area contributed by atoms with E-state index in [-0.39, 0.29) is 12.8 Å². The molecule has 1 rings (SSSR count). The third-order valence-corrected chi connectivity index (χ3v) is 9.22. The number of hydrogen-bond donors (Lipinski definition) is 6. The van der Waals surface area contributed by atoms with Crippen molar-refractivity contribution in [3.05, 3.63) is 36.5 Å². The van der Waals surface area contributed by atoms with Crippen LogP contribution in [-0.2, 0) is 32.7 Å². The van der Waals surface area contributed by atoms with Gasteiger partial charge in [-0.3, -0.25) is 18.6 Å². The maximum absolute atomic E-state index is 12.6. The lowest BCUT2D eigenvalue weighted by molar-refractivity contribution is -0.220. The fourth-order valence-corrected chi connectivity index (χ4v) is 6.12. The molecule has 0 saturated heterocycles. The van der Waals surface area contributed by atoms with Crippen molar-refractivity contribution in [3.8, 4) is 0 Å². The van der Waals surface area contributed by atoms with Gasteiger partial charge in [0, 0.05) is 12.8 Å². The van der Waals surface area contributed by atoms with Crippen LogP contribution in [0.4, 0.5) is 0 Å². The summed E-state index contributed by atoms with van der Waals surface area (Å²) in [7, 11) is -5.09. The average molecular weight is 735 g/mol. The first kappa shape index (κ1) is 46.1. The summed E-state index contributed by atoms with van der Waals surface area (Å²) in [6.45, 7) is 2.92. The molecule has 0 aliphatic heterocycles. The predicted molar refractivity (Wildman–Crippen MR) is 189 cm³/mol. The van der Waals surface area contributed by atoms with Gasteiger partial charge >= 0.3 is 19.8 Å². The van der Waals surface area contributed by atoms with Gasteiger partial charge in [-0.1, -0.05) is 95.2 Å². The first-order chi connectivity index (χ1) is 23.9. The summed E-state index contributed by atoms with van der Waals surface area (Å²) in [5.74, 6) is -1.16. The number of rotatable bonds is 28. The van der Waals surface area contributed by atoms with Crippen LogP contribution < -0.4 is 0 Å². The Bertz CT molecular complexity index is 1030. The van der Waals surface area contributed by atoms with E-state index >= 15 is 0 Å². The molecule has 1 aliphatic rings. The Kier molecular flexibility index (Phi) is 25.5. The molecule has 13 nitrogen and oxygen atoms in total. The number of ether oxygens (including phenoxy) is 2. The second-order valence-electron chi connectivity index (χ2n) is 12.7. The molecule has 0 aromatic heterocycles. The van der Waals surface area contributed by atoms with Gasteiger partial charge in [0.1, 0.15) is 43.2 Å². The van der Waals surface area contributed by atoms with E-state index in [9.17, 15) is 44.6 Å². The van der Waals surface area contributed by atoms with E-state index in [1.807, 2.05) is 6.92 Å². The van der Waals surface area contributed by atoms with Crippen molar-refractivity contribution >= 4 is 19.8 Å². The highest BCUT2D eigenvalue weighted by atomic mass is 31.2. The van der Waals surface area contributed by atoms with Crippen LogP contribution in [0.1, 0.15) is 123 Å². The molecule has 1 aliphatic carbocycles. The molecule has 6 unspecified atom stereocenters. The third-order valence-electron chi connectivity index (χ3n) is 8.23. The summed E-state index contributed by atoms with van der Waals surface area (Å²) in [5, 5.41) is 49.6. The maximum atomic E-state index is 12.6. The quantitative estimate of drug-likeness (QED) is 0.0268. The van der Waals surface area contributed by atoms with Crippen molar-refractivity contribution in [2.45, 2.75) is 166 Å². The summed E-state index contributed by atoms with van der Waals surface area (Å²) in [6, 6.07) is 0. The Labute approximate surface area is 298 Å². The second-order valence-corrected chi connectivity index (χ2v) is 14.1. The standard InChI is InChI=1S/C36H63O13P/c1-3-5-7-8-9-10-11-12-13-14-15-16-17-18-19-20-21-22-23-25-30(38)48-28(26-46-29(37)24-6-4-2)27-47-50(44,45)49-36-34(42)32(40)31(39)33(41)35(36)43/h9-10,12-13,15-16,28,31-36,39-43H,3-8,11,14,17-27H2,1-2H3,(H,44,45)/b10-9-,13-12-,16-15-. The minimum absolute atomic E-state index is 0.0804. The van der Waals surface area contributed by atoms with Gasteiger partial charge in [-0.25, -0.2) is 4.57 Å². The fourth-order valence-electron chi connectivity index (χ4n) is 5.15. The second kappa shape index (κ2) is 27.7. The zero-order chi connectivity index (χ0) is 37.2. The molecule has 6 N–H and O–H groups in total. The third kappa shape index (κ3) is 20.8. The molecule has 6 atom stereocenters. The molecule has 0 radical (unpaired) electrons. The number of phosphoric acid groups is 1. The predicted octanol–water partition coefficient (Wildman–Crippen LogP) is 5.10. The lowest BCUT2D eigenvalue weighted by Gasteiger charge is -2.41. The number of hydrogen-bond acceptors (Lipinski definition) is 12.